The van der Waals surface area contributed by atoms with E-state index in [9.17, 15) is 4.79 Å². The van der Waals surface area contributed by atoms with E-state index in [1.807, 2.05) is 11.8 Å². The molecule has 1 atom stereocenters. The van der Waals surface area contributed by atoms with Crippen molar-refractivity contribution in [1.82, 2.24) is 10.6 Å². The van der Waals surface area contributed by atoms with Crippen molar-refractivity contribution in [2.45, 2.75) is 38.1 Å². The summed E-state index contributed by atoms with van der Waals surface area (Å²) in [5, 5.41) is 6.31. The number of hydrogen-bond acceptors (Lipinski definition) is 3. The van der Waals surface area contributed by atoms with Crippen LogP contribution in [0.15, 0.2) is 0 Å². The van der Waals surface area contributed by atoms with Crippen LogP contribution in [0.2, 0.25) is 0 Å². The Morgan fingerprint density at radius 3 is 3.07 bits per heavy atom. The van der Waals surface area contributed by atoms with E-state index in [2.05, 4.69) is 16.9 Å². The summed E-state index contributed by atoms with van der Waals surface area (Å²) in [4.78, 5) is 11.5. The summed E-state index contributed by atoms with van der Waals surface area (Å²) < 4.78 is 0. The molecule has 1 heterocycles. The Bertz CT molecular complexity index is 181. The van der Waals surface area contributed by atoms with Gasteiger partial charge >= 0.3 is 0 Å². The van der Waals surface area contributed by atoms with Gasteiger partial charge < -0.3 is 10.6 Å². The van der Waals surface area contributed by atoms with Crippen molar-refractivity contribution in [3.63, 3.8) is 0 Å². The lowest BCUT2D eigenvalue weighted by Gasteiger charge is -2.10. The average molecular weight is 230 g/mol. The molecule has 1 amide bonds. The average Bonchev–Trinajstić information content (AvgIpc) is 2.70. The Labute approximate surface area is 96.8 Å². The van der Waals surface area contributed by atoms with Crippen LogP contribution >= 0.6 is 11.8 Å². The van der Waals surface area contributed by atoms with Crippen LogP contribution in [0.25, 0.3) is 0 Å². The van der Waals surface area contributed by atoms with Crippen molar-refractivity contribution in [2.24, 2.45) is 0 Å². The van der Waals surface area contributed by atoms with E-state index in [0.717, 1.165) is 25.9 Å². The number of thioether (sulfide) groups is 1. The van der Waals surface area contributed by atoms with Crippen LogP contribution in [0, 0.1) is 0 Å². The standard InChI is InChI=1S/C11H22N2OS/c1-15-8-3-2-6-13-11(14)9-10-5-4-7-12-10/h10,12H,2-9H2,1H3,(H,13,14). The molecule has 15 heavy (non-hydrogen) atoms. The molecule has 1 aliphatic heterocycles. The van der Waals surface area contributed by atoms with Gasteiger partial charge in [0.25, 0.3) is 0 Å². The van der Waals surface area contributed by atoms with Gasteiger partial charge in [0.2, 0.25) is 5.91 Å². The predicted molar refractivity (Wildman–Crippen MR) is 66.3 cm³/mol. The van der Waals surface area contributed by atoms with Crippen LogP contribution in [0.1, 0.15) is 32.1 Å². The lowest BCUT2D eigenvalue weighted by atomic mass is 10.1. The molecular formula is C11H22N2OS. The van der Waals surface area contributed by atoms with E-state index < -0.39 is 0 Å². The van der Waals surface area contributed by atoms with Gasteiger partial charge in [-0.2, -0.15) is 11.8 Å². The zero-order chi connectivity index (χ0) is 10.9. The van der Waals surface area contributed by atoms with Crippen molar-refractivity contribution in [3.8, 4) is 0 Å². The summed E-state index contributed by atoms with van der Waals surface area (Å²) in [5.74, 6) is 1.40. The van der Waals surface area contributed by atoms with Gasteiger partial charge in [-0.05, 0) is 44.2 Å². The molecule has 3 nitrogen and oxygen atoms in total. The molecule has 4 heteroatoms. The quantitative estimate of drug-likeness (QED) is 0.649. The Morgan fingerprint density at radius 1 is 1.53 bits per heavy atom. The molecule has 2 N–H and O–H groups in total. The summed E-state index contributed by atoms with van der Waals surface area (Å²) in [6, 6.07) is 0.427. The van der Waals surface area contributed by atoms with E-state index in [4.69, 9.17) is 0 Å². The van der Waals surface area contributed by atoms with Crippen LogP contribution in [-0.2, 0) is 4.79 Å². The van der Waals surface area contributed by atoms with Crippen LogP contribution in [0.5, 0.6) is 0 Å². The first kappa shape index (κ1) is 12.8. The monoisotopic (exact) mass is 230 g/mol. The normalized spacial score (nSPS) is 20.5. The molecule has 0 bridgehead atoms. The Kier molecular flexibility index (Phi) is 6.85. The molecule has 1 rings (SSSR count). The molecule has 1 saturated heterocycles. The van der Waals surface area contributed by atoms with Crippen molar-refractivity contribution in [1.29, 1.82) is 0 Å². The van der Waals surface area contributed by atoms with Gasteiger partial charge in [0, 0.05) is 19.0 Å². The zero-order valence-electron chi connectivity index (χ0n) is 9.55. The fourth-order valence-electron chi connectivity index (χ4n) is 1.83. The highest BCUT2D eigenvalue weighted by molar-refractivity contribution is 7.98. The molecule has 0 saturated carbocycles. The van der Waals surface area contributed by atoms with Crippen molar-refractivity contribution < 1.29 is 4.79 Å². The first-order chi connectivity index (χ1) is 7.33. The van der Waals surface area contributed by atoms with Crippen molar-refractivity contribution in [3.05, 3.63) is 0 Å². The van der Waals surface area contributed by atoms with Gasteiger partial charge in [0.05, 0.1) is 0 Å². The van der Waals surface area contributed by atoms with Gasteiger partial charge in [-0.25, -0.2) is 0 Å². The molecule has 1 fully saturated rings. The van der Waals surface area contributed by atoms with E-state index in [-0.39, 0.29) is 5.91 Å². The zero-order valence-corrected chi connectivity index (χ0v) is 10.4. The van der Waals surface area contributed by atoms with E-state index >= 15 is 0 Å². The second-order valence-electron chi connectivity index (χ2n) is 4.05. The van der Waals surface area contributed by atoms with Crippen molar-refractivity contribution >= 4 is 17.7 Å². The van der Waals surface area contributed by atoms with Gasteiger partial charge in [0.15, 0.2) is 0 Å². The SMILES string of the molecule is CSCCCCNC(=O)CC1CCCN1. The van der Waals surface area contributed by atoms with Gasteiger partial charge in [-0.1, -0.05) is 0 Å². The van der Waals surface area contributed by atoms with Crippen LogP contribution in [0.3, 0.4) is 0 Å². The lowest BCUT2D eigenvalue weighted by Crippen LogP contribution is -2.32. The number of rotatable bonds is 7. The molecule has 88 valence electrons. The molecular weight excluding hydrogens is 208 g/mol. The maximum absolute atomic E-state index is 11.5. The number of carbonyl (C=O) groups excluding carboxylic acids is 1. The summed E-state index contributed by atoms with van der Waals surface area (Å²) in [5.41, 5.74) is 0. The minimum Gasteiger partial charge on any atom is -0.356 e. The second-order valence-corrected chi connectivity index (χ2v) is 5.03. The first-order valence-corrected chi connectivity index (χ1v) is 7.21. The van der Waals surface area contributed by atoms with E-state index in [1.54, 1.807) is 0 Å². The third-order valence-corrected chi connectivity index (χ3v) is 3.39. The molecule has 0 spiro atoms. The summed E-state index contributed by atoms with van der Waals surface area (Å²) in [6.07, 6.45) is 7.44. The Balaban J connectivity index is 1.93. The molecule has 0 radical (unpaired) electrons. The second kappa shape index (κ2) is 7.99. The van der Waals surface area contributed by atoms with E-state index in [0.29, 0.717) is 12.5 Å². The Morgan fingerprint density at radius 2 is 2.40 bits per heavy atom. The minimum absolute atomic E-state index is 0.207. The molecule has 0 aromatic rings. The van der Waals surface area contributed by atoms with Crippen molar-refractivity contribution in [2.75, 3.05) is 25.1 Å². The number of amides is 1. The predicted octanol–water partition coefficient (Wildman–Crippen LogP) is 1.39. The fraction of sp³-hybridized carbons (Fsp3) is 0.909. The smallest absolute Gasteiger partial charge is 0.221 e. The number of hydrogen-bond donors (Lipinski definition) is 2. The fourth-order valence-corrected chi connectivity index (χ4v) is 2.32. The molecule has 1 aliphatic rings. The topological polar surface area (TPSA) is 41.1 Å². The van der Waals surface area contributed by atoms with Gasteiger partial charge in [-0.3, -0.25) is 4.79 Å². The molecule has 0 aliphatic carbocycles. The molecule has 0 aromatic carbocycles. The van der Waals surface area contributed by atoms with Crippen LogP contribution in [-0.4, -0.2) is 37.0 Å². The van der Waals surface area contributed by atoms with E-state index in [1.165, 1.54) is 18.6 Å². The highest BCUT2D eigenvalue weighted by Crippen LogP contribution is 2.08. The maximum Gasteiger partial charge on any atom is 0.221 e. The number of carbonyl (C=O) groups is 1. The van der Waals surface area contributed by atoms with Crippen LogP contribution < -0.4 is 10.6 Å². The summed E-state index contributed by atoms with van der Waals surface area (Å²) in [7, 11) is 0. The maximum atomic E-state index is 11.5. The van der Waals surface area contributed by atoms with Gasteiger partial charge in [-0.15, -0.1) is 0 Å². The minimum atomic E-state index is 0.207. The number of unbranched alkanes of at least 4 members (excludes halogenated alkanes) is 1. The highest BCUT2D eigenvalue weighted by atomic mass is 32.2. The lowest BCUT2D eigenvalue weighted by molar-refractivity contribution is -0.121. The third kappa shape index (κ3) is 6.05. The van der Waals surface area contributed by atoms with Crippen LogP contribution in [0.4, 0.5) is 0 Å². The Hall–Kier alpha value is -0.220. The first-order valence-electron chi connectivity index (χ1n) is 5.82. The molecule has 0 aromatic heterocycles. The third-order valence-electron chi connectivity index (χ3n) is 2.69. The van der Waals surface area contributed by atoms with Gasteiger partial charge in [0.1, 0.15) is 0 Å². The summed E-state index contributed by atoms with van der Waals surface area (Å²) >= 11 is 1.86. The highest BCUT2D eigenvalue weighted by Gasteiger charge is 2.16. The molecule has 1 unspecified atom stereocenters. The number of nitrogens with one attached hydrogen (secondary N) is 2. The summed E-state index contributed by atoms with van der Waals surface area (Å²) in [6.45, 7) is 1.91. The largest absolute Gasteiger partial charge is 0.356 e.